The van der Waals surface area contributed by atoms with Gasteiger partial charge in [-0.05, 0) is 41.3 Å². The summed E-state index contributed by atoms with van der Waals surface area (Å²) in [6, 6.07) is 35.1. The fourth-order valence-corrected chi connectivity index (χ4v) is 5.61. The molecule has 0 bridgehead atoms. The number of amides is 1. The van der Waals surface area contributed by atoms with Gasteiger partial charge < -0.3 is 4.90 Å². The summed E-state index contributed by atoms with van der Waals surface area (Å²) in [7, 11) is -3.98. The highest BCUT2D eigenvalue weighted by atomic mass is 32.2. The molecule has 0 unspecified atom stereocenters. The van der Waals surface area contributed by atoms with Gasteiger partial charge in [-0.2, -0.15) is 0 Å². The van der Waals surface area contributed by atoms with Crippen LogP contribution in [0.25, 0.3) is 0 Å². The smallest absolute Gasteiger partial charge is 0.264 e. The number of rotatable bonds is 10. The molecule has 4 rings (SSSR count). The monoisotopic (exact) mass is 498 g/mol. The molecule has 0 spiro atoms. The van der Waals surface area contributed by atoms with Crippen LogP contribution in [-0.4, -0.2) is 25.8 Å². The van der Waals surface area contributed by atoms with E-state index in [1.807, 2.05) is 79.7 Å². The van der Waals surface area contributed by atoms with E-state index in [-0.39, 0.29) is 17.3 Å². The van der Waals surface area contributed by atoms with Crippen LogP contribution in [0.1, 0.15) is 23.6 Å². The molecule has 184 valence electrons. The van der Waals surface area contributed by atoms with E-state index < -0.39 is 10.0 Å². The molecule has 5 nitrogen and oxygen atoms in total. The van der Waals surface area contributed by atoms with E-state index in [0.717, 1.165) is 16.7 Å². The quantitative estimate of drug-likeness (QED) is 0.283. The molecular formula is C30H30N2O3S. The van der Waals surface area contributed by atoms with Crippen molar-refractivity contribution in [1.29, 1.82) is 0 Å². The Hall–Kier alpha value is -3.90. The van der Waals surface area contributed by atoms with Crippen LogP contribution < -0.4 is 4.31 Å². The topological polar surface area (TPSA) is 57.7 Å². The molecule has 0 aliphatic rings. The Morgan fingerprint density at radius 3 is 1.67 bits per heavy atom. The Kier molecular flexibility index (Phi) is 8.18. The molecule has 36 heavy (non-hydrogen) atoms. The fraction of sp³-hybridized carbons (Fsp3) is 0.167. The van der Waals surface area contributed by atoms with Crippen LogP contribution in [0.15, 0.2) is 120 Å². The van der Waals surface area contributed by atoms with Crippen LogP contribution in [0, 0.1) is 0 Å². The Morgan fingerprint density at radius 2 is 1.14 bits per heavy atom. The molecular weight excluding hydrogens is 468 g/mol. The zero-order valence-electron chi connectivity index (χ0n) is 20.3. The summed E-state index contributed by atoms with van der Waals surface area (Å²) < 4.78 is 28.9. The highest BCUT2D eigenvalue weighted by Gasteiger charge is 2.30. The maximum atomic E-state index is 13.8. The number of hydrogen-bond donors (Lipinski definition) is 0. The number of nitrogens with zero attached hydrogens (tertiary/aromatic N) is 2. The molecule has 4 aromatic carbocycles. The van der Waals surface area contributed by atoms with E-state index in [1.54, 1.807) is 47.4 Å². The van der Waals surface area contributed by atoms with Gasteiger partial charge in [0.05, 0.1) is 10.6 Å². The summed E-state index contributed by atoms with van der Waals surface area (Å²) in [5.74, 6) is -0.270. The van der Waals surface area contributed by atoms with Gasteiger partial charge in [-0.15, -0.1) is 0 Å². The van der Waals surface area contributed by atoms with Gasteiger partial charge in [-0.25, -0.2) is 8.42 Å². The molecule has 0 radical (unpaired) electrons. The van der Waals surface area contributed by atoms with Gasteiger partial charge in [0.25, 0.3) is 10.0 Å². The number of hydrogen-bond acceptors (Lipinski definition) is 3. The Bertz CT molecular complexity index is 1330. The minimum atomic E-state index is -3.98. The van der Waals surface area contributed by atoms with Gasteiger partial charge in [-0.3, -0.25) is 9.10 Å². The molecule has 1 amide bonds. The lowest BCUT2D eigenvalue weighted by atomic mass is 10.1. The second-order valence-electron chi connectivity index (χ2n) is 8.53. The van der Waals surface area contributed by atoms with Gasteiger partial charge >= 0.3 is 0 Å². The standard InChI is InChI=1S/C30H30N2O3S/c1-2-27-18-12-13-21-29(27)32(36(34,35)28-19-10-5-11-20-28)24-30(33)31(22-25-14-6-3-7-15-25)23-26-16-8-4-9-17-26/h3-21H,2,22-24H2,1H3. The summed E-state index contributed by atoms with van der Waals surface area (Å²) in [5.41, 5.74) is 3.35. The molecule has 0 heterocycles. The van der Waals surface area contributed by atoms with Crippen molar-refractivity contribution in [3.05, 3.63) is 132 Å². The van der Waals surface area contributed by atoms with E-state index in [4.69, 9.17) is 0 Å². The first-order valence-electron chi connectivity index (χ1n) is 12.0. The average Bonchev–Trinajstić information content (AvgIpc) is 2.93. The normalized spacial score (nSPS) is 11.1. The molecule has 0 saturated heterocycles. The summed E-state index contributed by atoms with van der Waals surface area (Å²) in [5, 5.41) is 0. The predicted octanol–water partition coefficient (Wildman–Crippen LogP) is 5.67. The number of benzene rings is 4. The molecule has 0 aliphatic heterocycles. The Balaban J connectivity index is 1.72. The molecule has 0 saturated carbocycles. The number of aryl methyl sites for hydroxylation is 1. The van der Waals surface area contributed by atoms with Gasteiger partial charge in [-0.1, -0.05) is 104 Å². The first kappa shape index (κ1) is 25.2. The van der Waals surface area contributed by atoms with Crippen molar-refractivity contribution in [1.82, 2.24) is 4.90 Å². The maximum absolute atomic E-state index is 13.8. The summed E-state index contributed by atoms with van der Waals surface area (Å²) >= 11 is 0. The minimum absolute atomic E-state index is 0.154. The third-order valence-electron chi connectivity index (χ3n) is 6.04. The molecule has 0 aliphatic carbocycles. The van der Waals surface area contributed by atoms with E-state index >= 15 is 0 Å². The lowest BCUT2D eigenvalue weighted by molar-refractivity contribution is -0.130. The zero-order valence-corrected chi connectivity index (χ0v) is 21.1. The number of carbonyl (C=O) groups is 1. The van der Waals surface area contributed by atoms with E-state index in [2.05, 4.69) is 0 Å². The van der Waals surface area contributed by atoms with Crippen molar-refractivity contribution < 1.29 is 13.2 Å². The van der Waals surface area contributed by atoms with Crippen LogP contribution in [0.3, 0.4) is 0 Å². The second kappa shape index (κ2) is 11.7. The summed E-state index contributed by atoms with van der Waals surface area (Å²) in [4.78, 5) is 15.7. The molecule has 4 aromatic rings. The maximum Gasteiger partial charge on any atom is 0.264 e. The number of sulfonamides is 1. The Morgan fingerprint density at radius 1 is 0.667 bits per heavy atom. The van der Waals surface area contributed by atoms with Crippen molar-refractivity contribution in [2.75, 3.05) is 10.8 Å². The first-order valence-corrected chi connectivity index (χ1v) is 13.4. The predicted molar refractivity (Wildman–Crippen MR) is 144 cm³/mol. The highest BCUT2D eigenvalue weighted by Crippen LogP contribution is 2.28. The van der Waals surface area contributed by atoms with Crippen LogP contribution in [0.5, 0.6) is 0 Å². The third kappa shape index (κ3) is 6.01. The zero-order chi connectivity index (χ0) is 25.4. The van der Waals surface area contributed by atoms with Crippen molar-refractivity contribution in [3.8, 4) is 0 Å². The van der Waals surface area contributed by atoms with Gasteiger partial charge in [0.1, 0.15) is 6.54 Å². The van der Waals surface area contributed by atoms with Crippen LogP contribution in [0.4, 0.5) is 5.69 Å². The lowest BCUT2D eigenvalue weighted by Gasteiger charge is -2.30. The third-order valence-corrected chi connectivity index (χ3v) is 7.81. The van der Waals surface area contributed by atoms with Crippen LogP contribution in [-0.2, 0) is 34.3 Å². The molecule has 0 N–H and O–H groups in total. The number of para-hydroxylation sites is 1. The molecule has 6 heteroatoms. The largest absolute Gasteiger partial charge is 0.332 e. The number of anilines is 1. The second-order valence-corrected chi connectivity index (χ2v) is 10.4. The van der Waals surface area contributed by atoms with E-state index in [9.17, 15) is 13.2 Å². The first-order chi connectivity index (χ1) is 17.5. The Labute approximate surface area is 213 Å². The molecule has 0 atom stereocenters. The van der Waals surface area contributed by atoms with Gasteiger partial charge in [0.15, 0.2) is 0 Å². The fourth-order valence-electron chi connectivity index (χ4n) is 4.14. The van der Waals surface area contributed by atoms with Crippen LogP contribution in [0.2, 0.25) is 0 Å². The van der Waals surface area contributed by atoms with Crippen LogP contribution >= 0.6 is 0 Å². The van der Waals surface area contributed by atoms with Gasteiger partial charge in [0.2, 0.25) is 5.91 Å². The van der Waals surface area contributed by atoms with Crippen molar-refractivity contribution >= 4 is 21.6 Å². The number of carbonyl (C=O) groups excluding carboxylic acids is 1. The minimum Gasteiger partial charge on any atom is -0.332 e. The van der Waals surface area contributed by atoms with E-state index in [0.29, 0.717) is 25.2 Å². The average molecular weight is 499 g/mol. The SMILES string of the molecule is CCc1ccccc1N(CC(=O)N(Cc1ccccc1)Cc1ccccc1)S(=O)(=O)c1ccccc1. The summed E-state index contributed by atoms with van der Waals surface area (Å²) in [6.45, 7) is 2.44. The molecule has 0 fully saturated rings. The van der Waals surface area contributed by atoms with Gasteiger partial charge in [0, 0.05) is 13.1 Å². The van der Waals surface area contributed by atoms with Crippen molar-refractivity contribution in [2.24, 2.45) is 0 Å². The van der Waals surface area contributed by atoms with E-state index in [1.165, 1.54) is 4.31 Å². The highest BCUT2D eigenvalue weighted by molar-refractivity contribution is 7.92. The lowest BCUT2D eigenvalue weighted by Crippen LogP contribution is -2.43. The van der Waals surface area contributed by atoms with Crippen molar-refractivity contribution in [2.45, 2.75) is 31.3 Å². The molecule has 0 aromatic heterocycles. The summed E-state index contributed by atoms with van der Waals surface area (Å²) in [6.07, 6.45) is 0.642. The van der Waals surface area contributed by atoms with Crippen molar-refractivity contribution in [3.63, 3.8) is 0 Å².